The van der Waals surface area contributed by atoms with E-state index in [2.05, 4.69) is 0 Å². The molecule has 0 N–H and O–H groups in total. The maximum atomic E-state index is 13.1. The van der Waals surface area contributed by atoms with Gasteiger partial charge in [-0.15, -0.1) is 0 Å². The van der Waals surface area contributed by atoms with Crippen LogP contribution in [0.15, 0.2) is 53.4 Å². The van der Waals surface area contributed by atoms with Crippen molar-refractivity contribution in [1.29, 1.82) is 0 Å². The number of nitro groups is 1. The number of aryl methyl sites for hydroxylation is 2. The Labute approximate surface area is 187 Å². The molecule has 168 valence electrons. The molecule has 2 aliphatic rings. The molecule has 2 aromatic rings. The number of nitrogens with zero attached hydrogens (tertiary/aromatic N) is 3. The number of benzene rings is 2. The van der Waals surface area contributed by atoms with Crippen LogP contribution in [-0.4, -0.2) is 54.6 Å². The van der Waals surface area contributed by atoms with Crippen LogP contribution in [0.25, 0.3) is 6.08 Å². The molecule has 9 heteroatoms. The summed E-state index contributed by atoms with van der Waals surface area (Å²) in [7, 11) is -3.60. The second-order valence-electron chi connectivity index (χ2n) is 8.05. The smallest absolute Gasteiger partial charge is 0.270 e. The Balaban J connectivity index is 1.38. The van der Waals surface area contributed by atoms with E-state index in [0.717, 1.165) is 31.2 Å². The monoisotopic (exact) mass is 455 g/mol. The summed E-state index contributed by atoms with van der Waals surface area (Å²) in [5.41, 5.74) is 2.88. The van der Waals surface area contributed by atoms with E-state index in [1.54, 1.807) is 23.1 Å². The molecular formula is C23H25N3O5S. The van der Waals surface area contributed by atoms with Crippen molar-refractivity contribution in [1.82, 2.24) is 9.21 Å². The average molecular weight is 456 g/mol. The molecule has 0 saturated carbocycles. The molecule has 1 amide bonds. The summed E-state index contributed by atoms with van der Waals surface area (Å²) < 4.78 is 27.6. The molecule has 4 rings (SSSR count). The van der Waals surface area contributed by atoms with Crippen LogP contribution in [-0.2, 0) is 27.7 Å². The largest absolute Gasteiger partial charge is 0.337 e. The molecule has 1 aliphatic heterocycles. The van der Waals surface area contributed by atoms with Crippen LogP contribution in [0, 0.1) is 10.1 Å². The third-order valence-corrected chi connectivity index (χ3v) is 7.90. The molecule has 0 atom stereocenters. The highest BCUT2D eigenvalue weighted by Gasteiger charge is 2.30. The van der Waals surface area contributed by atoms with E-state index in [-0.39, 0.29) is 24.7 Å². The number of rotatable bonds is 5. The maximum absolute atomic E-state index is 13.1. The number of carbonyl (C=O) groups is 1. The molecule has 0 unspecified atom stereocenters. The zero-order chi connectivity index (χ0) is 22.7. The van der Waals surface area contributed by atoms with Crippen LogP contribution in [0.2, 0.25) is 0 Å². The Morgan fingerprint density at radius 1 is 0.969 bits per heavy atom. The number of fused-ring (bicyclic) bond motifs is 1. The van der Waals surface area contributed by atoms with Gasteiger partial charge in [0.1, 0.15) is 0 Å². The first-order valence-corrected chi connectivity index (χ1v) is 12.1. The Bertz CT molecular complexity index is 1170. The maximum Gasteiger partial charge on any atom is 0.270 e. The van der Waals surface area contributed by atoms with Crippen LogP contribution in [0.5, 0.6) is 0 Å². The lowest BCUT2D eigenvalue weighted by Crippen LogP contribution is -2.50. The molecule has 2 aromatic carbocycles. The average Bonchev–Trinajstić information content (AvgIpc) is 2.82. The number of nitro benzene ring substituents is 1. The molecule has 1 aliphatic carbocycles. The summed E-state index contributed by atoms with van der Waals surface area (Å²) in [6.07, 6.45) is 7.04. The fourth-order valence-corrected chi connectivity index (χ4v) is 5.66. The summed E-state index contributed by atoms with van der Waals surface area (Å²) in [5, 5.41) is 10.9. The Kier molecular flexibility index (Phi) is 6.38. The Morgan fingerprint density at radius 2 is 1.69 bits per heavy atom. The zero-order valence-corrected chi connectivity index (χ0v) is 18.5. The summed E-state index contributed by atoms with van der Waals surface area (Å²) in [5.74, 6) is -0.248. The minimum atomic E-state index is -3.60. The van der Waals surface area contributed by atoms with Crippen molar-refractivity contribution in [2.75, 3.05) is 26.2 Å². The lowest BCUT2D eigenvalue weighted by Gasteiger charge is -2.33. The van der Waals surface area contributed by atoms with Crippen LogP contribution >= 0.6 is 0 Å². The molecule has 1 saturated heterocycles. The molecule has 0 radical (unpaired) electrons. The van der Waals surface area contributed by atoms with Gasteiger partial charge in [-0.3, -0.25) is 14.9 Å². The van der Waals surface area contributed by atoms with Gasteiger partial charge in [0.25, 0.3) is 5.69 Å². The number of hydrogen-bond donors (Lipinski definition) is 0. The molecule has 8 nitrogen and oxygen atoms in total. The third-order valence-electron chi connectivity index (χ3n) is 6.01. The van der Waals surface area contributed by atoms with Gasteiger partial charge in [0, 0.05) is 44.4 Å². The Hall–Kier alpha value is -3.04. The van der Waals surface area contributed by atoms with Crippen molar-refractivity contribution in [3.8, 4) is 0 Å². The van der Waals surface area contributed by atoms with Crippen LogP contribution < -0.4 is 0 Å². The third kappa shape index (κ3) is 4.73. The molecule has 0 spiro atoms. The zero-order valence-electron chi connectivity index (χ0n) is 17.6. The van der Waals surface area contributed by atoms with Crippen molar-refractivity contribution in [3.05, 3.63) is 75.3 Å². The highest BCUT2D eigenvalue weighted by Crippen LogP contribution is 2.26. The summed E-state index contributed by atoms with van der Waals surface area (Å²) in [6.45, 7) is 1.05. The SMILES string of the molecule is O=C(C=Cc1cccc([N+](=O)[O-])c1)N1CCN(S(=O)(=O)c2ccc3c(c2)CCCC3)CC1. The topological polar surface area (TPSA) is 101 Å². The summed E-state index contributed by atoms with van der Waals surface area (Å²) in [6, 6.07) is 11.5. The highest BCUT2D eigenvalue weighted by atomic mass is 32.2. The number of sulfonamides is 1. The number of carbonyl (C=O) groups excluding carboxylic acids is 1. The fraction of sp³-hybridized carbons (Fsp3) is 0.348. The van der Waals surface area contributed by atoms with E-state index < -0.39 is 14.9 Å². The van der Waals surface area contributed by atoms with E-state index >= 15 is 0 Å². The van der Waals surface area contributed by atoms with E-state index in [4.69, 9.17) is 0 Å². The predicted octanol–water partition coefficient (Wildman–Crippen LogP) is 3.02. The van der Waals surface area contributed by atoms with E-state index in [9.17, 15) is 23.3 Å². The van der Waals surface area contributed by atoms with E-state index in [1.165, 1.54) is 34.2 Å². The van der Waals surface area contributed by atoms with Gasteiger partial charge in [0.05, 0.1) is 9.82 Å². The van der Waals surface area contributed by atoms with Crippen LogP contribution in [0.1, 0.15) is 29.5 Å². The van der Waals surface area contributed by atoms with Crippen LogP contribution in [0.4, 0.5) is 5.69 Å². The van der Waals surface area contributed by atoms with E-state index in [0.29, 0.717) is 23.5 Å². The van der Waals surface area contributed by atoms with Gasteiger partial charge in [-0.25, -0.2) is 8.42 Å². The number of hydrogen-bond acceptors (Lipinski definition) is 5. The van der Waals surface area contributed by atoms with Gasteiger partial charge >= 0.3 is 0 Å². The van der Waals surface area contributed by atoms with Gasteiger partial charge in [0.2, 0.25) is 15.9 Å². The normalized spacial score (nSPS) is 17.3. The molecule has 0 aromatic heterocycles. The predicted molar refractivity (Wildman–Crippen MR) is 121 cm³/mol. The lowest BCUT2D eigenvalue weighted by molar-refractivity contribution is -0.384. The molecule has 32 heavy (non-hydrogen) atoms. The van der Waals surface area contributed by atoms with Crippen molar-refractivity contribution >= 4 is 27.7 Å². The first kappa shape index (κ1) is 22.2. The number of piperazine rings is 1. The van der Waals surface area contributed by atoms with Crippen molar-refractivity contribution < 1.29 is 18.1 Å². The minimum absolute atomic E-state index is 0.0411. The molecule has 1 heterocycles. The number of amides is 1. The van der Waals surface area contributed by atoms with Gasteiger partial charge in [-0.05, 0) is 60.6 Å². The minimum Gasteiger partial charge on any atom is -0.337 e. The quantitative estimate of drug-likeness (QED) is 0.392. The summed E-state index contributed by atoms with van der Waals surface area (Å²) >= 11 is 0. The molecule has 1 fully saturated rings. The van der Waals surface area contributed by atoms with Gasteiger partial charge in [-0.2, -0.15) is 4.31 Å². The molecule has 0 bridgehead atoms. The first-order chi connectivity index (χ1) is 15.3. The van der Waals surface area contributed by atoms with E-state index in [1.807, 2.05) is 12.1 Å². The van der Waals surface area contributed by atoms with Crippen molar-refractivity contribution in [2.45, 2.75) is 30.6 Å². The molecular weight excluding hydrogens is 430 g/mol. The van der Waals surface area contributed by atoms with Crippen LogP contribution in [0.3, 0.4) is 0 Å². The first-order valence-electron chi connectivity index (χ1n) is 10.7. The highest BCUT2D eigenvalue weighted by molar-refractivity contribution is 7.89. The van der Waals surface area contributed by atoms with Crippen molar-refractivity contribution in [3.63, 3.8) is 0 Å². The lowest BCUT2D eigenvalue weighted by atomic mass is 9.92. The Morgan fingerprint density at radius 3 is 2.41 bits per heavy atom. The van der Waals surface area contributed by atoms with Gasteiger partial charge in [-0.1, -0.05) is 18.2 Å². The fourth-order valence-electron chi connectivity index (χ4n) is 4.18. The van der Waals surface area contributed by atoms with Gasteiger partial charge in [0.15, 0.2) is 0 Å². The summed E-state index contributed by atoms with van der Waals surface area (Å²) in [4.78, 5) is 24.8. The van der Waals surface area contributed by atoms with Gasteiger partial charge < -0.3 is 4.90 Å². The number of non-ortho nitro benzene ring substituents is 1. The second-order valence-corrected chi connectivity index (χ2v) is 9.99. The standard InChI is InChI=1S/C23H25N3O5S/c27-23(11-8-18-4-3-7-21(16-18)26(28)29)24-12-14-25(15-13-24)32(30,31)22-10-9-19-5-1-2-6-20(19)17-22/h3-4,7-11,16-17H,1-2,5-6,12-15H2. The van der Waals surface area contributed by atoms with Crippen molar-refractivity contribution in [2.24, 2.45) is 0 Å². The second kappa shape index (κ2) is 9.22.